The molecule has 2 N–H and O–H groups in total. The number of anilines is 1. The molecule has 8 heteroatoms. The van der Waals surface area contributed by atoms with E-state index in [1.54, 1.807) is 16.8 Å². The van der Waals surface area contributed by atoms with E-state index in [4.69, 9.17) is 0 Å². The summed E-state index contributed by atoms with van der Waals surface area (Å²) in [6, 6.07) is 15.4. The van der Waals surface area contributed by atoms with E-state index in [1.165, 1.54) is 18.3 Å². The Kier molecular flexibility index (Phi) is 4.37. The monoisotopic (exact) mass is 367 g/mol. The first-order valence-corrected chi connectivity index (χ1v) is 8.26. The van der Waals surface area contributed by atoms with Crippen LogP contribution in [-0.4, -0.2) is 19.7 Å². The minimum atomic E-state index is -2.49. The highest BCUT2D eigenvalue weighted by molar-refractivity contribution is 5.76. The normalized spacial score (nSPS) is 11.2. The molecule has 0 spiro atoms. The molecule has 0 aliphatic carbocycles. The lowest BCUT2D eigenvalue weighted by molar-refractivity contribution is 0.151. The number of aromatic amines is 1. The molecule has 0 fully saturated rings. The Labute approximate surface area is 152 Å². The van der Waals surface area contributed by atoms with Crippen molar-refractivity contribution in [3.05, 3.63) is 82.3 Å². The molecule has 0 unspecified atom stereocenters. The Hall–Kier alpha value is -3.55. The van der Waals surface area contributed by atoms with Crippen molar-refractivity contribution >= 4 is 17.0 Å². The van der Waals surface area contributed by atoms with Crippen LogP contribution >= 0.6 is 0 Å². The fourth-order valence-corrected chi connectivity index (χ4v) is 2.73. The van der Waals surface area contributed by atoms with Crippen LogP contribution in [-0.2, 0) is 6.54 Å². The smallest absolute Gasteiger partial charge is 0.263 e. The third-order valence-electron chi connectivity index (χ3n) is 4.13. The number of hydrogen-bond acceptors (Lipinski definition) is 4. The maximum atomic E-state index is 12.6. The highest BCUT2D eigenvalue weighted by Gasteiger charge is 2.11. The van der Waals surface area contributed by atoms with Crippen molar-refractivity contribution in [1.29, 1.82) is 0 Å². The number of nitrogens with one attached hydrogen (secondary N) is 2. The summed E-state index contributed by atoms with van der Waals surface area (Å²) in [4.78, 5) is 19.4. The first-order chi connectivity index (χ1) is 13.1. The Morgan fingerprint density at radius 3 is 2.52 bits per heavy atom. The van der Waals surface area contributed by atoms with E-state index in [2.05, 4.69) is 20.4 Å². The number of aromatic nitrogens is 4. The van der Waals surface area contributed by atoms with Crippen molar-refractivity contribution in [1.82, 2.24) is 19.7 Å². The van der Waals surface area contributed by atoms with Crippen LogP contribution in [0.2, 0.25) is 0 Å². The minimum absolute atomic E-state index is 0.0292. The number of rotatable bonds is 5. The lowest BCUT2D eigenvalue weighted by Crippen LogP contribution is -2.13. The third kappa shape index (κ3) is 3.41. The van der Waals surface area contributed by atoms with Gasteiger partial charge in [-0.1, -0.05) is 42.5 Å². The van der Waals surface area contributed by atoms with Crippen LogP contribution in [0, 0.1) is 0 Å². The van der Waals surface area contributed by atoms with Gasteiger partial charge in [0.25, 0.3) is 12.0 Å². The molecule has 0 atom stereocenters. The van der Waals surface area contributed by atoms with E-state index < -0.39 is 6.43 Å². The lowest BCUT2D eigenvalue weighted by Gasteiger charge is -2.08. The number of alkyl halides is 2. The molecular weight excluding hydrogens is 352 g/mol. The van der Waals surface area contributed by atoms with E-state index >= 15 is 0 Å². The average Bonchev–Trinajstić information content (AvgIpc) is 3.12. The second-order valence-corrected chi connectivity index (χ2v) is 5.94. The predicted octanol–water partition coefficient (Wildman–Crippen LogP) is 3.66. The number of hydrogen-bond donors (Lipinski definition) is 2. The molecule has 0 aliphatic rings. The van der Waals surface area contributed by atoms with Crippen molar-refractivity contribution in [2.45, 2.75) is 13.0 Å². The Morgan fingerprint density at radius 2 is 1.81 bits per heavy atom. The topological polar surface area (TPSA) is 75.6 Å². The Morgan fingerprint density at radius 1 is 1.07 bits per heavy atom. The number of halogens is 2. The standard InChI is InChI=1S/C19H15F2N5O/c20-16(21)13-8-6-12(7-9-13)10-22-19-24-17-15(18(27)25-19)11-23-26(17)14-4-2-1-3-5-14/h1-9,11,16H,10H2,(H2,22,24,25,27). The summed E-state index contributed by atoms with van der Waals surface area (Å²) in [6.07, 6.45) is -1.02. The van der Waals surface area contributed by atoms with Crippen LogP contribution in [0.4, 0.5) is 14.7 Å². The molecule has 0 amide bonds. The molecule has 0 radical (unpaired) electrons. The molecule has 0 saturated heterocycles. The van der Waals surface area contributed by atoms with Gasteiger partial charge in [0.1, 0.15) is 5.39 Å². The van der Waals surface area contributed by atoms with Crippen molar-refractivity contribution in [3.63, 3.8) is 0 Å². The molecule has 0 aliphatic heterocycles. The highest BCUT2D eigenvalue weighted by Crippen LogP contribution is 2.19. The van der Waals surface area contributed by atoms with Crippen molar-refractivity contribution in [2.75, 3.05) is 5.32 Å². The number of para-hydroxylation sites is 1. The number of fused-ring (bicyclic) bond motifs is 1. The second kappa shape index (κ2) is 6.99. The van der Waals surface area contributed by atoms with Crippen molar-refractivity contribution in [3.8, 4) is 5.69 Å². The average molecular weight is 367 g/mol. The predicted molar refractivity (Wildman–Crippen MR) is 98.2 cm³/mol. The van der Waals surface area contributed by atoms with Crippen LogP contribution in [0.1, 0.15) is 17.6 Å². The van der Waals surface area contributed by atoms with Gasteiger partial charge in [0.05, 0.1) is 11.9 Å². The van der Waals surface area contributed by atoms with E-state index in [9.17, 15) is 13.6 Å². The van der Waals surface area contributed by atoms with Gasteiger partial charge in [0, 0.05) is 12.1 Å². The van der Waals surface area contributed by atoms with Crippen LogP contribution in [0.3, 0.4) is 0 Å². The summed E-state index contributed by atoms with van der Waals surface area (Å²) in [5, 5.41) is 7.64. The molecular formula is C19H15F2N5O. The fraction of sp³-hybridized carbons (Fsp3) is 0.105. The zero-order chi connectivity index (χ0) is 18.8. The third-order valence-corrected chi connectivity index (χ3v) is 4.13. The molecule has 0 bridgehead atoms. The minimum Gasteiger partial charge on any atom is -0.352 e. The second-order valence-electron chi connectivity index (χ2n) is 5.94. The van der Waals surface area contributed by atoms with Gasteiger partial charge in [-0.05, 0) is 17.7 Å². The van der Waals surface area contributed by atoms with E-state index in [0.29, 0.717) is 17.6 Å². The van der Waals surface area contributed by atoms with E-state index in [0.717, 1.165) is 11.3 Å². The SMILES string of the molecule is O=c1[nH]c(NCc2ccc(C(F)F)cc2)nc2c1cnn2-c1ccccc1. The number of H-pyrrole nitrogens is 1. The largest absolute Gasteiger partial charge is 0.352 e. The van der Waals surface area contributed by atoms with Crippen LogP contribution in [0.5, 0.6) is 0 Å². The maximum Gasteiger partial charge on any atom is 0.263 e. The van der Waals surface area contributed by atoms with Crippen LogP contribution in [0.15, 0.2) is 65.6 Å². The van der Waals surface area contributed by atoms with Gasteiger partial charge in [0.2, 0.25) is 5.95 Å². The zero-order valence-electron chi connectivity index (χ0n) is 14.1. The van der Waals surface area contributed by atoms with Crippen LogP contribution < -0.4 is 10.9 Å². The quantitative estimate of drug-likeness (QED) is 0.564. The number of benzene rings is 2. The van der Waals surface area contributed by atoms with Gasteiger partial charge in [-0.25, -0.2) is 13.5 Å². The lowest BCUT2D eigenvalue weighted by atomic mass is 10.1. The van der Waals surface area contributed by atoms with Gasteiger partial charge >= 0.3 is 0 Å². The summed E-state index contributed by atoms with van der Waals surface area (Å²) in [7, 11) is 0. The molecule has 27 heavy (non-hydrogen) atoms. The summed E-state index contributed by atoms with van der Waals surface area (Å²) in [6.45, 7) is 0.331. The first-order valence-electron chi connectivity index (χ1n) is 8.26. The van der Waals surface area contributed by atoms with Gasteiger partial charge < -0.3 is 5.32 Å². The summed E-state index contributed by atoms with van der Waals surface area (Å²) >= 11 is 0. The summed E-state index contributed by atoms with van der Waals surface area (Å²) in [5.41, 5.74) is 1.68. The molecule has 4 rings (SSSR count). The molecule has 2 aromatic heterocycles. The zero-order valence-corrected chi connectivity index (χ0v) is 14.1. The van der Waals surface area contributed by atoms with Crippen molar-refractivity contribution < 1.29 is 8.78 Å². The molecule has 4 aromatic rings. The van der Waals surface area contributed by atoms with Gasteiger partial charge in [-0.15, -0.1) is 0 Å². The fourth-order valence-electron chi connectivity index (χ4n) is 2.73. The van der Waals surface area contributed by atoms with Gasteiger partial charge in [-0.2, -0.15) is 10.1 Å². The summed E-state index contributed by atoms with van der Waals surface area (Å²) in [5.74, 6) is 0.281. The van der Waals surface area contributed by atoms with Gasteiger partial charge in [-0.3, -0.25) is 9.78 Å². The molecule has 0 saturated carbocycles. The molecule has 6 nitrogen and oxygen atoms in total. The van der Waals surface area contributed by atoms with Crippen molar-refractivity contribution in [2.24, 2.45) is 0 Å². The highest BCUT2D eigenvalue weighted by atomic mass is 19.3. The van der Waals surface area contributed by atoms with Crippen LogP contribution in [0.25, 0.3) is 16.7 Å². The van der Waals surface area contributed by atoms with E-state index in [1.807, 2.05) is 30.3 Å². The molecule has 2 heterocycles. The molecule has 2 aromatic carbocycles. The Balaban J connectivity index is 1.61. The Bertz CT molecular complexity index is 1120. The van der Waals surface area contributed by atoms with E-state index in [-0.39, 0.29) is 17.1 Å². The first kappa shape index (κ1) is 16.9. The summed E-state index contributed by atoms with van der Waals surface area (Å²) < 4.78 is 26.8. The maximum absolute atomic E-state index is 12.6. The number of nitrogens with zero attached hydrogens (tertiary/aromatic N) is 3. The van der Waals surface area contributed by atoms with Gasteiger partial charge in [0.15, 0.2) is 5.65 Å². The molecule has 136 valence electrons.